The summed E-state index contributed by atoms with van der Waals surface area (Å²) in [6.45, 7) is 3.92. The predicted molar refractivity (Wildman–Crippen MR) is 108 cm³/mol. The van der Waals surface area contributed by atoms with E-state index in [1.165, 1.54) is 16.4 Å². The second kappa shape index (κ2) is 9.28. The molecule has 150 valence electrons. The van der Waals surface area contributed by atoms with Gasteiger partial charge in [-0.15, -0.1) is 10.2 Å². The van der Waals surface area contributed by atoms with Crippen LogP contribution in [0.4, 0.5) is 0 Å². The molecule has 0 bridgehead atoms. The van der Waals surface area contributed by atoms with Crippen molar-refractivity contribution in [1.29, 1.82) is 0 Å². The number of aromatic nitrogens is 3. The number of ether oxygens (including phenoxy) is 1. The zero-order valence-electron chi connectivity index (χ0n) is 15.4. The zero-order valence-corrected chi connectivity index (χ0v) is 17.8. The van der Waals surface area contributed by atoms with Crippen LogP contribution in [0, 0.1) is 0 Å². The first-order chi connectivity index (χ1) is 13.4. The van der Waals surface area contributed by atoms with Gasteiger partial charge in [-0.2, -0.15) is 0 Å². The standard InChI is InChI=1S/C17H21BrN6O3S/c1-12(25)22-5-7-23(8-6-22)16(26)11-28-17-21-20-15(24(17)19)10-27-14-4-2-3-13(18)9-14/h2-4,9H,5-8,10-11,19H2,1H3. The molecule has 1 fully saturated rings. The molecule has 2 N–H and O–H groups in total. The molecule has 28 heavy (non-hydrogen) atoms. The number of halogens is 1. The number of hydrogen-bond donors (Lipinski definition) is 1. The summed E-state index contributed by atoms with van der Waals surface area (Å²) in [5, 5.41) is 8.52. The third kappa shape index (κ3) is 5.16. The molecule has 0 atom stereocenters. The average Bonchev–Trinajstić information content (AvgIpc) is 3.04. The van der Waals surface area contributed by atoms with Crippen LogP contribution >= 0.6 is 27.7 Å². The Kier molecular flexibility index (Phi) is 6.79. The fourth-order valence-corrected chi connectivity index (χ4v) is 3.85. The molecular weight excluding hydrogens is 448 g/mol. The Labute approximate surface area is 175 Å². The third-order valence-corrected chi connectivity index (χ3v) is 5.72. The summed E-state index contributed by atoms with van der Waals surface area (Å²) >= 11 is 4.62. The first-order valence-corrected chi connectivity index (χ1v) is 10.5. The van der Waals surface area contributed by atoms with Gasteiger partial charge in [-0.05, 0) is 18.2 Å². The largest absolute Gasteiger partial charge is 0.485 e. The Morgan fingerprint density at radius 2 is 1.93 bits per heavy atom. The van der Waals surface area contributed by atoms with Gasteiger partial charge in [0.25, 0.3) is 0 Å². The van der Waals surface area contributed by atoms with Crippen LogP contribution in [-0.2, 0) is 16.2 Å². The number of piperazine rings is 1. The number of carbonyl (C=O) groups is 2. The number of rotatable bonds is 6. The Bertz CT molecular complexity index is 853. The predicted octanol–water partition coefficient (Wildman–Crippen LogP) is 1.12. The van der Waals surface area contributed by atoms with Crippen LogP contribution in [0.15, 0.2) is 33.9 Å². The van der Waals surface area contributed by atoms with Crippen molar-refractivity contribution in [2.75, 3.05) is 37.8 Å². The van der Waals surface area contributed by atoms with E-state index >= 15 is 0 Å². The second-order valence-corrected chi connectivity index (χ2v) is 8.05. The van der Waals surface area contributed by atoms with Crippen LogP contribution in [0.1, 0.15) is 12.7 Å². The van der Waals surface area contributed by atoms with Crippen molar-refractivity contribution in [3.05, 3.63) is 34.6 Å². The Balaban J connectivity index is 1.49. The molecule has 2 aromatic rings. The van der Waals surface area contributed by atoms with Crippen LogP contribution < -0.4 is 10.6 Å². The molecule has 2 heterocycles. The SMILES string of the molecule is CC(=O)N1CCN(C(=O)CSc2nnc(COc3cccc(Br)c3)n2N)CC1. The van der Waals surface area contributed by atoms with Crippen molar-refractivity contribution < 1.29 is 14.3 Å². The van der Waals surface area contributed by atoms with Crippen molar-refractivity contribution in [2.45, 2.75) is 18.7 Å². The van der Waals surface area contributed by atoms with Gasteiger partial charge >= 0.3 is 0 Å². The van der Waals surface area contributed by atoms with Gasteiger partial charge in [0.1, 0.15) is 12.4 Å². The molecular formula is C17H21BrN6O3S. The maximum atomic E-state index is 12.4. The van der Waals surface area contributed by atoms with Gasteiger partial charge < -0.3 is 20.4 Å². The lowest BCUT2D eigenvalue weighted by atomic mass is 10.3. The first kappa shape index (κ1) is 20.5. The molecule has 1 aromatic carbocycles. The summed E-state index contributed by atoms with van der Waals surface area (Å²) < 4.78 is 7.92. The van der Waals surface area contributed by atoms with E-state index in [1.807, 2.05) is 24.3 Å². The minimum atomic E-state index is -0.0110. The van der Waals surface area contributed by atoms with Crippen molar-refractivity contribution in [1.82, 2.24) is 24.7 Å². The Morgan fingerprint density at radius 1 is 1.21 bits per heavy atom. The number of amides is 2. The second-order valence-electron chi connectivity index (χ2n) is 6.19. The number of benzene rings is 1. The summed E-state index contributed by atoms with van der Waals surface area (Å²) in [6.07, 6.45) is 0. The topological polar surface area (TPSA) is 107 Å². The van der Waals surface area contributed by atoms with Crippen LogP contribution in [0.25, 0.3) is 0 Å². The maximum absolute atomic E-state index is 12.4. The number of thioether (sulfide) groups is 1. The monoisotopic (exact) mass is 468 g/mol. The smallest absolute Gasteiger partial charge is 0.233 e. The lowest BCUT2D eigenvalue weighted by Crippen LogP contribution is -2.50. The van der Waals surface area contributed by atoms with Crippen molar-refractivity contribution in [3.8, 4) is 5.75 Å². The van der Waals surface area contributed by atoms with Crippen molar-refractivity contribution in [3.63, 3.8) is 0 Å². The molecule has 11 heteroatoms. The Hall–Kier alpha value is -2.27. The van der Waals surface area contributed by atoms with E-state index in [-0.39, 0.29) is 24.2 Å². The molecule has 0 aliphatic carbocycles. The normalized spacial score (nSPS) is 14.2. The maximum Gasteiger partial charge on any atom is 0.233 e. The molecule has 2 amide bonds. The van der Waals surface area contributed by atoms with Gasteiger partial charge in [-0.1, -0.05) is 33.8 Å². The summed E-state index contributed by atoms with van der Waals surface area (Å²) in [4.78, 5) is 27.2. The number of nitrogens with zero attached hydrogens (tertiary/aromatic N) is 5. The summed E-state index contributed by atoms with van der Waals surface area (Å²) in [5.41, 5.74) is 0. The van der Waals surface area contributed by atoms with E-state index in [4.69, 9.17) is 10.6 Å². The van der Waals surface area contributed by atoms with Gasteiger partial charge in [-0.3, -0.25) is 9.59 Å². The molecule has 1 aliphatic heterocycles. The van der Waals surface area contributed by atoms with Crippen molar-refractivity contribution >= 4 is 39.5 Å². The summed E-state index contributed by atoms with van der Waals surface area (Å²) in [5.74, 6) is 7.41. The molecule has 3 rings (SSSR count). The highest BCUT2D eigenvalue weighted by Crippen LogP contribution is 2.20. The fourth-order valence-electron chi connectivity index (χ4n) is 2.70. The summed E-state index contributed by atoms with van der Waals surface area (Å²) in [6, 6.07) is 7.46. The minimum absolute atomic E-state index is 0.0110. The van der Waals surface area contributed by atoms with Crippen molar-refractivity contribution in [2.24, 2.45) is 0 Å². The minimum Gasteiger partial charge on any atom is -0.485 e. The van der Waals surface area contributed by atoms with Gasteiger partial charge in [-0.25, -0.2) is 4.68 Å². The lowest BCUT2D eigenvalue weighted by Gasteiger charge is -2.34. The Morgan fingerprint density at radius 3 is 2.61 bits per heavy atom. The number of hydrogen-bond acceptors (Lipinski definition) is 7. The fraction of sp³-hybridized carbons (Fsp3) is 0.412. The van der Waals surface area contributed by atoms with Crippen LogP contribution in [-0.4, -0.2) is 68.4 Å². The number of nitrogen functional groups attached to an aromatic ring is 1. The highest BCUT2D eigenvalue weighted by atomic mass is 79.9. The molecule has 1 aromatic heterocycles. The molecule has 0 saturated carbocycles. The molecule has 0 spiro atoms. The number of carbonyl (C=O) groups excluding carboxylic acids is 2. The van der Waals surface area contributed by atoms with E-state index in [2.05, 4.69) is 26.1 Å². The van der Waals surface area contributed by atoms with E-state index in [9.17, 15) is 9.59 Å². The average molecular weight is 469 g/mol. The van der Waals surface area contributed by atoms with E-state index < -0.39 is 0 Å². The van der Waals surface area contributed by atoms with Gasteiger partial charge in [0.05, 0.1) is 5.75 Å². The van der Waals surface area contributed by atoms with Gasteiger partial charge in [0.2, 0.25) is 17.0 Å². The first-order valence-electron chi connectivity index (χ1n) is 8.68. The molecule has 0 radical (unpaired) electrons. The zero-order chi connectivity index (χ0) is 20.1. The quantitative estimate of drug-likeness (QED) is 0.499. The van der Waals surface area contributed by atoms with Crippen LogP contribution in [0.5, 0.6) is 5.75 Å². The highest BCUT2D eigenvalue weighted by Gasteiger charge is 2.23. The van der Waals surface area contributed by atoms with Crippen LogP contribution in [0.2, 0.25) is 0 Å². The van der Waals surface area contributed by atoms with Gasteiger partial charge in [0, 0.05) is 37.6 Å². The molecule has 0 unspecified atom stereocenters. The van der Waals surface area contributed by atoms with E-state index in [0.29, 0.717) is 42.9 Å². The summed E-state index contributed by atoms with van der Waals surface area (Å²) in [7, 11) is 0. The number of nitrogens with two attached hydrogens (primary N) is 1. The molecule has 9 nitrogen and oxygen atoms in total. The lowest BCUT2D eigenvalue weighted by molar-refractivity contribution is -0.136. The molecule has 1 saturated heterocycles. The van der Waals surface area contributed by atoms with E-state index in [1.54, 1.807) is 16.7 Å². The third-order valence-electron chi connectivity index (χ3n) is 4.30. The van der Waals surface area contributed by atoms with Gasteiger partial charge in [0.15, 0.2) is 5.82 Å². The highest BCUT2D eigenvalue weighted by molar-refractivity contribution is 9.10. The van der Waals surface area contributed by atoms with E-state index in [0.717, 1.165) is 4.47 Å². The molecule has 1 aliphatic rings. The van der Waals surface area contributed by atoms with Crippen LogP contribution in [0.3, 0.4) is 0 Å².